The summed E-state index contributed by atoms with van der Waals surface area (Å²) < 4.78 is 43.6. The van der Waals surface area contributed by atoms with Gasteiger partial charge >= 0.3 is 0 Å². The highest BCUT2D eigenvalue weighted by molar-refractivity contribution is 7.92. The van der Waals surface area contributed by atoms with E-state index in [4.69, 9.17) is 4.74 Å². The van der Waals surface area contributed by atoms with Crippen molar-refractivity contribution in [1.29, 1.82) is 0 Å². The third-order valence-electron chi connectivity index (χ3n) is 6.20. The maximum absolute atomic E-state index is 13.3. The maximum atomic E-state index is 13.3. The number of aryl methyl sites for hydroxylation is 1. The first-order chi connectivity index (χ1) is 15.7. The zero-order valence-corrected chi connectivity index (χ0v) is 19.7. The van der Waals surface area contributed by atoms with Gasteiger partial charge in [0, 0.05) is 42.9 Å². The number of halogens is 1. The normalized spacial score (nSPS) is 15.8. The second-order valence-electron chi connectivity index (χ2n) is 8.41. The van der Waals surface area contributed by atoms with E-state index in [-0.39, 0.29) is 5.82 Å². The molecule has 1 aliphatic heterocycles. The number of pyridine rings is 1. The monoisotopic (exact) mass is 470 g/mol. The van der Waals surface area contributed by atoms with Crippen LogP contribution in [0.1, 0.15) is 25.3 Å². The summed E-state index contributed by atoms with van der Waals surface area (Å²) in [5.41, 5.74) is 3.28. The molecule has 5 rings (SSSR count). The molecule has 1 fully saturated rings. The van der Waals surface area contributed by atoms with Crippen molar-refractivity contribution in [2.24, 2.45) is 0 Å². The Morgan fingerprint density at radius 2 is 1.91 bits per heavy atom. The van der Waals surface area contributed by atoms with Crippen molar-refractivity contribution in [1.82, 2.24) is 15.2 Å². The Morgan fingerprint density at radius 1 is 1.15 bits per heavy atom. The summed E-state index contributed by atoms with van der Waals surface area (Å²) in [6.45, 7) is 4.65. The highest BCUT2D eigenvalue weighted by atomic mass is 32.2. The number of hydrogen-bond acceptors (Lipinski definition) is 6. The van der Waals surface area contributed by atoms with Crippen LogP contribution in [-0.4, -0.2) is 48.6 Å². The fourth-order valence-corrected chi connectivity index (χ4v) is 6.03. The van der Waals surface area contributed by atoms with Crippen molar-refractivity contribution < 1.29 is 17.5 Å². The Morgan fingerprint density at radius 3 is 2.64 bits per heavy atom. The van der Waals surface area contributed by atoms with Gasteiger partial charge < -0.3 is 10.1 Å². The van der Waals surface area contributed by atoms with E-state index < -0.39 is 14.6 Å². The van der Waals surface area contributed by atoms with Gasteiger partial charge in [0.1, 0.15) is 5.82 Å². The number of sulfone groups is 1. The summed E-state index contributed by atoms with van der Waals surface area (Å²) in [7, 11) is -1.62. The van der Waals surface area contributed by atoms with Crippen molar-refractivity contribution in [2.45, 2.75) is 36.3 Å². The van der Waals surface area contributed by atoms with Gasteiger partial charge in [-0.1, -0.05) is 0 Å². The van der Waals surface area contributed by atoms with Gasteiger partial charge in [-0.15, -0.1) is 0 Å². The van der Waals surface area contributed by atoms with E-state index >= 15 is 0 Å². The molecular weight excluding hydrogens is 443 g/mol. The summed E-state index contributed by atoms with van der Waals surface area (Å²) in [6.07, 6.45) is 4.37. The van der Waals surface area contributed by atoms with Gasteiger partial charge in [0.05, 0.1) is 26.9 Å². The quantitative estimate of drug-likeness (QED) is 0.453. The zero-order valence-electron chi connectivity index (χ0n) is 18.9. The molecule has 0 saturated carbocycles. The van der Waals surface area contributed by atoms with Crippen LogP contribution in [0.3, 0.4) is 0 Å². The topological polar surface area (TPSA) is 97.0 Å². The number of ether oxygens (including phenoxy) is 1. The molecule has 0 aliphatic carbocycles. The molecular formula is C24H27FN4O3S. The summed E-state index contributed by atoms with van der Waals surface area (Å²) in [6, 6.07) is 9.98. The number of nitrogens with zero attached hydrogens (tertiary/aromatic N) is 2. The minimum absolute atomic E-state index is 0.228. The molecule has 0 spiro atoms. The summed E-state index contributed by atoms with van der Waals surface area (Å²) in [5, 5.41) is 11.2. The van der Waals surface area contributed by atoms with Crippen LogP contribution in [0.2, 0.25) is 0 Å². The number of aromatic amines is 1. The first-order valence-corrected chi connectivity index (χ1v) is 12.2. The number of nitrogens with one attached hydrogen (secondary N) is 2. The number of H-pyrrole nitrogens is 1. The van der Waals surface area contributed by atoms with E-state index in [9.17, 15) is 12.8 Å². The fourth-order valence-electron chi connectivity index (χ4n) is 4.04. The number of fused-ring (bicyclic) bond motifs is 2. The number of benzene rings is 2. The van der Waals surface area contributed by atoms with Gasteiger partial charge in [-0.25, -0.2) is 12.8 Å². The molecule has 2 aromatic carbocycles. The molecule has 3 heterocycles. The average Bonchev–Trinajstić information content (AvgIpc) is 3.26. The minimum atomic E-state index is -3.44. The molecule has 174 valence electrons. The molecule has 2 N–H and O–H groups in total. The first kappa shape index (κ1) is 23.1. The molecule has 33 heavy (non-hydrogen) atoms. The molecule has 9 heteroatoms. The van der Waals surface area contributed by atoms with Crippen LogP contribution in [0.25, 0.3) is 21.8 Å². The Hall–Kier alpha value is -3.04. The summed E-state index contributed by atoms with van der Waals surface area (Å²) in [4.78, 5) is 4.75. The van der Waals surface area contributed by atoms with Gasteiger partial charge in [0.2, 0.25) is 0 Å². The average molecular weight is 471 g/mol. The summed E-state index contributed by atoms with van der Waals surface area (Å²) in [5.74, 6) is -0.228. The zero-order chi connectivity index (χ0) is 23.6. The smallest absolute Gasteiger partial charge is 0.184 e. The lowest BCUT2D eigenvalue weighted by Gasteiger charge is -2.33. The summed E-state index contributed by atoms with van der Waals surface area (Å²) >= 11 is 0. The van der Waals surface area contributed by atoms with Crippen LogP contribution in [0, 0.1) is 12.7 Å². The third-order valence-corrected chi connectivity index (χ3v) is 8.92. The van der Waals surface area contributed by atoms with E-state index in [1.807, 2.05) is 33.0 Å². The molecule has 2 aromatic heterocycles. The van der Waals surface area contributed by atoms with Crippen LogP contribution in [0.15, 0.2) is 53.7 Å². The van der Waals surface area contributed by atoms with Crippen LogP contribution in [0.4, 0.5) is 10.1 Å². The van der Waals surface area contributed by atoms with Crippen molar-refractivity contribution in [3.63, 3.8) is 0 Å². The SMILES string of the molecule is CNc1ccnc2cc(C)c(S(=O)(=O)C3(C)CCOCC3)cc12.Fc1ccc2[nH]ncc2c1. The number of aromatic nitrogens is 3. The van der Waals surface area contributed by atoms with Gasteiger partial charge in [0.25, 0.3) is 0 Å². The molecule has 0 unspecified atom stereocenters. The molecule has 0 radical (unpaired) electrons. The lowest BCUT2D eigenvalue weighted by molar-refractivity contribution is 0.0789. The van der Waals surface area contributed by atoms with E-state index in [0.717, 1.165) is 33.1 Å². The van der Waals surface area contributed by atoms with Crippen LogP contribution in [0.5, 0.6) is 0 Å². The number of anilines is 1. The van der Waals surface area contributed by atoms with E-state index in [0.29, 0.717) is 31.0 Å². The molecule has 4 aromatic rings. The van der Waals surface area contributed by atoms with E-state index in [2.05, 4.69) is 20.5 Å². The molecule has 7 nitrogen and oxygen atoms in total. The third kappa shape index (κ3) is 4.43. The van der Waals surface area contributed by atoms with Gasteiger partial charge in [0.15, 0.2) is 9.84 Å². The minimum Gasteiger partial charge on any atom is -0.388 e. The Labute approximate surface area is 192 Å². The van der Waals surface area contributed by atoms with Crippen LogP contribution in [-0.2, 0) is 14.6 Å². The molecule has 0 bridgehead atoms. The van der Waals surface area contributed by atoms with Crippen molar-refractivity contribution in [3.8, 4) is 0 Å². The highest BCUT2D eigenvalue weighted by Gasteiger charge is 2.42. The van der Waals surface area contributed by atoms with Gasteiger partial charge in [-0.2, -0.15) is 5.10 Å². The van der Waals surface area contributed by atoms with Crippen molar-refractivity contribution >= 4 is 37.3 Å². The predicted molar refractivity (Wildman–Crippen MR) is 128 cm³/mol. The molecule has 1 saturated heterocycles. The van der Waals surface area contributed by atoms with E-state index in [1.54, 1.807) is 24.5 Å². The lowest BCUT2D eigenvalue weighted by Crippen LogP contribution is -2.41. The van der Waals surface area contributed by atoms with Crippen LogP contribution >= 0.6 is 0 Å². The largest absolute Gasteiger partial charge is 0.388 e. The Kier molecular flexibility index (Phi) is 6.36. The second-order valence-corrected chi connectivity index (χ2v) is 10.8. The Balaban J connectivity index is 0.000000214. The van der Waals surface area contributed by atoms with Gasteiger partial charge in [-0.3, -0.25) is 10.1 Å². The maximum Gasteiger partial charge on any atom is 0.184 e. The first-order valence-electron chi connectivity index (χ1n) is 10.7. The molecule has 1 aliphatic rings. The predicted octanol–water partition coefficient (Wildman–Crippen LogP) is 4.63. The molecule has 0 atom stereocenters. The van der Waals surface area contributed by atoms with Crippen LogP contribution < -0.4 is 5.32 Å². The van der Waals surface area contributed by atoms with Gasteiger partial charge in [-0.05, 0) is 68.7 Å². The lowest BCUT2D eigenvalue weighted by atomic mass is 10.0. The molecule has 0 amide bonds. The van der Waals surface area contributed by atoms with Crippen molar-refractivity contribution in [2.75, 3.05) is 25.6 Å². The Bertz CT molecular complexity index is 1400. The number of rotatable bonds is 3. The van der Waals surface area contributed by atoms with Crippen molar-refractivity contribution in [3.05, 3.63) is 60.2 Å². The number of hydrogen-bond donors (Lipinski definition) is 2. The second kappa shape index (κ2) is 9.07. The highest BCUT2D eigenvalue weighted by Crippen LogP contribution is 2.37. The fraction of sp³-hybridized carbons (Fsp3) is 0.333. The standard InChI is InChI=1S/C17H22N2O3S.C7H5FN2/c1-12-10-15-13(14(18-3)4-7-19-15)11-16(12)23(20,21)17(2)5-8-22-9-6-17;8-6-1-2-7-5(3-6)4-9-10-7/h4,7,10-11H,5-6,8-9H2,1-3H3,(H,18,19);1-4H,(H,9,10). The van der Waals surface area contributed by atoms with E-state index in [1.165, 1.54) is 12.1 Å².